The standard InChI is InChI=1S/C22H24N2O6S/c1-3-29-20(25)14-30-19-10-6-17(7-11-19)23-21(26)22-12-16(22)13-24(31(22,27)28)18-8-4-15(2)5-9-18/h4-11,16H,3,12-14H2,1-2H3,(H,23,26)/t16-,22-/m0/s1. The van der Waals surface area contributed by atoms with Crippen LogP contribution >= 0.6 is 0 Å². The molecule has 2 atom stereocenters. The quantitative estimate of drug-likeness (QED) is 0.659. The lowest BCUT2D eigenvalue weighted by Gasteiger charge is -2.23. The number of hydrogen-bond acceptors (Lipinski definition) is 6. The number of nitrogens with one attached hydrogen (secondary N) is 1. The van der Waals surface area contributed by atoms with Gasteiger partial charge in [-0.15, -0.1) is 0 Å². The molecule has 4 rings (SSSR count). The first-order valence-corrected chi connectivity index (χ1v) is 11.5. The lowest BCUT2D eigenvalue weighted by Crippen LogP contribution is -2.42. The van der Waals surface area contributed by atoms with Crippen molar-refractivity contribution in [3.63, 3.8) is 0 Å². The molecule has 1 aliphatic heterocycles. The van der Waals surface area contributed by atoms with Gasteiger partial charge in [-0.2, -0.15) is 0 Å². The summed E-state index contributed by atoms with van der Waals surface area (Å²) in [5, 5.41) is 2.72. The number of anilines is 2. The topological polar surface area (TPSA) is 102 Å². The number of carbonyl (C=O) groups excluding carboxylic acids is 2. The van der Waals surface area contributed by atoms with Crippen molar-refractivity contribution >= 4 is 33.3 Å². The number of rotatable bonds is 7. The normalized spacial score (nSPS) is 23.0. The summed E-state index contributed by atoms with van der Waals surface area (Å²) in [5.41, 5.74) is 2.07. The van der Waals surface area contributed by atoms with Crippen LogP contribution in [0.25, 0.3) is 0 Å². The third-order valence-corrected chi connectivity index (χ3v) is 8.21. The maximum atomic E-state index is 13.2. The Kier molecular flexibility index (Phi) is 5.38. The Bertz CT molecular complexity index is 1100. The van der Waals surface area contributed by atoms with Gasteiger partial charge < -0.3 is 14.8 Å². The SMILES string of the molecule is CCOC(=O)COc1ccc(NC(=O)[C@]23C[C@H]2CN(c2ccc(C)cc2)S3(=O)=O)cc1. The van der Waals surface area contributed by atoms with E-state index >= 15 is 0 Å². The zero-order chi connectivity index (χ0) is 22.2. The van der Waals surface area contributed by atoms with Gasteiger partial charge in [-0.05, 0) is 56.7 Å². The van der Waals surface area contributed by atoms with Crippen molar-refractivity contribution in [2.75, 3.05) is 29.4 Å². The molecule has 1 aliphatic carbocycles. The van der Waals surface area contributed by atoms with E-state index in [1.54, 1.807) is 43.3 Å². The first-order chi connectivity index (χ1) is 14.8. The molecule has 0 spiro atoms. The summed E-state index contributed by atoms with van der Waals surface area (Å²) in [6.45, 7) is 4.02. The number of fused-ring (bicyclic) bond motifs is 1. The summed E-state index contributed by atoms with van der Waals surface area (Å²) >= 11 is 0. The number of amides is 1. The zero-order valence-corrected chi connectivity index (χ0v) is 18.1. The molecule has 0 unspecified atom stereocenters. The molecule has 0 aromatic heterocycles. The minimum atomic E-state index is -3.83. The average molecular weight is 445 g/mol. The van der Waals surface area contributed by atoms with Gasteiger partial charge in [0, 0.05) is 18.2 Å². The van der Waals surface area contributed by atoms with E-state index in [2.05, 4.69) is 5.32 Å². The van der Waals surface area contributed by atoms with Crippen molar-refractivity contribution in [2.24, 2.45) is 5.92 Å². The highest BCUT2D eigenvalue weighted by Gasteiger charge is 2.75. The summed E-state index contributed by atoms with van der Waals surface area (Å²) in [5.74, 6) is -0.783. The van der Waals surface area contributed by atoms with E-state index in [1.165, 1.54) is 4.31 Å². The Morgan fingerprint density at radius 1 is 1.13 bits per heavy atom. The number of benzene rings is 2. The van der Waals surface area contributed by atoms with Crippen molar-refractivity contribution in [3.8, 4) is 5.75 Å². The third kappa shape index (κ3) is 3.74. The maximum absolute atomic E-state index is 13.2. The first kappa shape index (κ1) is 21.2. The molecule has 0 radical (unpaired) electrons. The molecule has 2 aromatic rings. The molecule has 31 heavy (non-hydrogen) atoms. The molecule has 1 saturated carbocycles. The molecule has 8 nitrogen and oxygen atoms in total. The van der Waals surface area contributed by atoms with Gasteiger partial charge in [0.25, 0.3) is 0 Å². The summed E-state index contributed by atoms with van der Waals surface area (Å²) in [6, 6.07) is 13.6. The predicted octanol–water partition coefficient (Wildman–Crippen LogP) is 2.48. The molecule has 2 aliphatic rings. The molecule has 1 N–H and O–H groups in total. The predicted molar refractivity (Wildman–Crippen MR) is 115 cm³/mol. The van der Waals surface area contributed by atoms with Crippen LogP contribution in [-0.2, 0) is 24.3 Å². The third-order valence-electron chi connectivity index (χ3n) is 5.67. The van der Waals surface area contributed by atoms with E-state index in [-0.39, 0.29) is 19.1 Å². The lowest BCUT2D eigenvalue weighted by atomic mass is 10.2. The van der Waals surface area contributed by atoms with Crippen LogP contribution in [0.3, 0.4) is 0 Å². The Morgan fingerprint density at radius 3 is 2.45 bits per heavy atom. The molecule has 1 amide bonds. The molecule has 9 heteroatoms. The van der Waals surface area contributed by atoms with Gasteiger partial charge in [0.2, 0.25) is 15.9 Å². The van der Waals surface area contributed by atoms with Crippen molar-refractivity contribution in [1.29, 1.82) is 0 Å². The molecule has 1 heterocycles. The Hall–Kier alpha value is -3.07. The Morgan fingerprint density at radius 2 is 1.81 bits per heavy atom. The second-order valence-electron chi connectivity index (χ2n) is 7.73. The van der Waals surface area contributed by atoms with Gasteiger partial charge >= 0.3 is 5.97 Å². The molecule has 0 bridgehead atoms. The van der Waals surface area contributed by atoms with E-state index in [0.717, 1.165) is 5.56 Å². The van der Waals surface area contributed by atoms with Crippen molar-refractivity contribution in [3.05, 3.63) is 54.1 Å². The van der Waals surface area contributed by atoms with Crippen LogP contribution in [0.2, 0.25) is 0 Å². The average Bonchev–Trinajstić information content (AvgIpc) is 3.44. The van der Waals surface area contributed by atoms with E-state index in [4.69, 9.17) is 9.47 Å². The fourth-order valence-electron chi connectivity index (χ4n) is 3.90. The number of ether oxygens (including phenoxy) is 2. The summed E-state index contributed by atoms with van der Waals surface area (Å²) in [6.07, 6.45) is 0.324. The van der Waals surface area contributed by atoms with Crippen molar-refractivity contribution in [2.45, 2.75) is 25.0 Å². The number of nitrogens with zero attached hydrogens (tertiary/aromatic N) is 1. The molecule has 2 fully saturated rings. The summed E-state index contributed by atoms with van der Waals surface area (Å²) < 4.78 is 36.5. The van der Waals surface area contributed by atoms with Gasteiger partial charge in [0.15, 0.2) is 11.4 Å². The molecular weight excluding hydrogens is 420 g/mol. The highest BCUT2D eigenvalue weighted by molar-refractivity contribution is 7.95. The van der Waals surface area contributed by atoms with Gasteiger partial charge in [0.1, 0.15) is 5.75 Å². The fraction of sp³-hybridized carbons (Fsp3) is 0.364. The van der Waals surface area contributed by atoms with Crippen LogP contribution in [0, 0.1) is 12.8 Å². The smallest absolute Gasteiger partial charge is 0.344 e. The van der Waals surface area contributed by atoms with Crippen LogP contribution in [0.5, 0.6) is 5.75 Å². The Balaban J connectivity index is 1.43. The van der Waals surface area contributed by atoms with Gasteiger partial charge in [-0.3, -0.25) is 9.10 Å². The van der Waals surface area contributed by atoms with Gasteiger partial charge in [0.05, 0.1) is 12.3 Å². The second-order valence-corrected chi connectivity index (χ2v) is 9.85. The number of hydrogen-bond donors (Lipinski definition) is 1. The monoisotopic (exact) mass is 444 g/mol. The number of aryl methyl sites for hydroxylation is 1. The molecule has 1 saturated heterocycles. The number of sulfonamides is 1. The fourth-order valence-corrected chi connectivity index (χ4v) is 6.26. The van der Waals surface area contributed by atoms with Gasteiger partial charge in [-0.1, -0.05) is 17.7 Å². The van der Waals surface area contributed by atoms with Crippen LogP contribution < -0.4 is 14.4 Å². The lowest BCUT2D eigenvalue weighted by molar-refractivity contribution is -0.145. The Labute approximate surface area is 181 Å². The maximum Gasteiger partial charge on any atom is 0.344 e. The summed E-state index contributed by atoms with van der Waals surface area (Å²) in [4.78, 5) is 24.3. The summed E-state index contributed by atoms with van der Waals surface area (Å²) in [7, 11) is -3.83. The zero-order valence-electron chi connectivity index (χ0n) is 17.3. The molecule has 2 aromatic carbocycles. The van der Waals surface area contributed by atoms with Crippen molar-refractivity contribution < 1.29 is 27.5 Å². The first-order valence-electron chi connectivity index (χ1n) is 10.1. The van der Waals surface area contributed by atoms with Gasteiger partial charge in [-0.25, -0.2) is 13.2 Å². The van der Waals surface area contributed by atoms with Crippen LogP contribution in [0.4, 0.5) is 11.4 Å². The highest BCUT2D eigenvalue weighted by Crippen LogP contribution is 2.58. The van der Waals surface area contributed by atoms with E-state index in [0.29, 0.717) is 30.1 Å². The number of esters is 1. The molecular formula is C22H24N2O6S. The van der Waals surface area contributed by atoms with E-state index < -0.39 is 26.6 Å². The minimum absolute atomic E-state index is 0.211. The second kappa shape index (κ2) is 7.88. The van der Waals surface area contributed by atoms with Crippen LogP contribution in [0.15, 0.2) is 48.5 Å². The van der Waals surface area contributed by atoms with Crippen LogP contribution in [0.1, 0.15) is 18.9 Å². The van der Waals surface area contributed by atoms with Crippen molar-refractivity contribution in [1.82, 2.24) is 0 Å². The van der Waals surface area contributed by atoms with E-state index in [9.17, 15) is 18.0 Å². The highest BCUT2D eigenvalue weighted by atomic mass is 32.2. The van der Waals surface area contributed by atoms with E-state index in [1.807, 2.05) is 19.1 Å². The largest absolute Gasteiger partial charge is 0.482 e. The number of carbonyl (C=O) groups is 2. The molecule has 164 valence electrons. The van der Waals surface area contributed by atoms with Crippen LogP contribution in [-0.4, -0.2) is 44.8 Å². The minimum Gasteiger partial charge on any atom is -0.482 e.